The van der Waals surface area contributed by atoms with E-state index in [-0.39, 0.29) is 0 Å². The number of aromatic nitrogens is 1. The van der Waals surface area contributed by atoms with Gasteiger partial charge in [-0.2, -0.15) is 0 Å². The summed E-state index contributed by atoms with van der Waals surface area (Å²) < 4.78 is 11.5. The van der Waals surface area contributed by atoms with Crippen LogP contribution in [0, 0.1) is 20.8 Å². The highest BCUT2D eigenvalue weighted by atomic mass is 16.5. The van der Waals surface area contributed by atoms with E-state index in [1.807, 2.05) is 13.0 Å². The van der Waals surface area contributed by atoms with Gasteiger partial charge in [-0.3, -0.25) is 0 Å². The summed E-state index contributed by atoms with van der Waals surface area (Å²) in [4.78, 5) is 4.27. The van der Waals surface area contributed by atoms with Gasteiger partial charge in [-0.25, -0.2) is 4.98 Å². The minimum atomic E-state index is 0.426. The van der Waals surface area contributed by atoms with E-state index in [2.05, 4.69) is 37.0 Å². The first-order valence-corrected chi connectivity index (χ1v) is 7.09. The Morgan fingerprint density at radius 2 is 1.81 bits per heavy atom. The summed E-state index contributed by atoms with van der Waals surface area (Å²) in [5.41, 5.74) is 10.1. The molecule has 2 rings (SSSR count). The van der Waals surface area contributed by atoms with Crippen molar-refractivity contribution in [2.45, 2.75) is 27.4 Å². The minimum absolute atomic E-state index is 0.426. The summed E-state index contributed by atoms with van der Waals surface area (Å²) in [6.45, 7) is 7.54. The number of nitrogens with two attached hydrogens (primary N) is 1. The van der Waals surface area contributed by atoms with Gasteiger partial charge in [0.2, 0.25) is 0 Å². The van der Waals surface area contributed by atoms with E-state index < -0.39 is 0 Å². The molecule has 0 aliphatic rings. The lowest BCUT2D eigenvalue weighted by Crippen LogP contribution is -2.12. The van der Waals surface area contributed by atoms with Crippen molar-refractivity contribution in [3.63, 3.8) is 0 Å². The maximum Gasteiger partial charge on any atom is 0.257 e. The van der Waals surface area contributed by atoms with Crippen LogP contribution in [0.3, 0.4) is 0 Å². The van der Waals surface area contributed by atoms with Gasteiger partial charge in [0.05, 0.1) is 0 Å². The predicted molar refractivity (Wildman–Crippen MR) is 83.8 cm³/mol. The molecule has 0 bridgehead atoms. The first-order chi connectivity index (χ1) is 10.1. The van der Waals surface area contributed by atoms with E-state index in [0.717, 1.165) is 5.56 Å². The van der Waals surface area contributed by atoms with E-state index >= 15 is 0 Å². The Hall–Kier alpha value is -2.07. The first-order valence-electron chi connectivity index (χ1n) is 7.09. The molecule has 21 heavy (non-hydrogen) atoms. The molecule has 0 saturated heterocycles. The Labute approximate surface area is 125 Å². The number of hydrogen-bond donors (Lipinski definition) is 1. The molecule has 1 aromatic heterocycles. The molecule has 112 valence electrons. The second-order valence-electron chi connectivity index (χ2n) is 5.11. The van der Waals surface area contributed by atoms with Crippen LogP contribution in [0.5, 0.6) is 11.6 Å². The smallest absolute Gasteiger partial charge is 0.257 e. The predicted octanol–water partition coefficient (Wildman–Crippen LogP) is 2.92. The molecular formula is C17H22N2O2. The van der Waals surface area contributed by atoms with Crippen molar-refractivity contribution in [2.75, 3.05) is 13.2 Å². The molecule has 2 N–H and O–H groups in total. The lowest BCUT2D eigenvalue weighted by molar-refractivity contribution is 0.257. The van der Waals surface area contributed by atoms with Crippen molar-refractivity contribution in [3.8, 4) is 11.6 Å². The molecule has 0 atom stereocenters. The van der Waals surface area contributed by atoms with Crippen molar-refractivity contribution >= 4 is 0 Å². The number of ether oxygens (including phenoxy) is 2. The van der Waals surface area contributed by atoms with Crippen molar-refractivity contribution in [1.82, 2.24) is 4.98 Å². The number of nitrogens with zero attached hydrogens (tertiary/aromatic N) is 1. The van der Waals surface area contributed by atoms with Gasteiger partial charge in [0.1, 0.15) is 13.2 Å². The molecule has 1 heterocycles. The van der Waals surface area contributed by atoms with E-state index in [4.69, 9.17) is 15.2 Å². The molecule has 0 unspecified atom stereocenters. The highest BCUT2D eigenvalue weighted by Gasteiger charge is 2.09. The summed E-state index contributed by atoms with van der Waals surface area (Å²) >= 11 is 0. The number of aryl methyl sites for hydroxylation is 3. The van der Waals surface area contributed by atoms with Crippen molar-refractivity contribution < 1.29 is 9.47 Å². The quantitative estimate of drug-likeness (QED) is 0.887. The molecule has 4 heteroatoms. The van der Waals surface area contributed by atoms with Gasteiger partial charge in [0.25, 0.3) is 5.88 Å². The molecule has 0 radical (unpaired) electrons. The van der Waals surface area contributed by atoms with Crippen molar-refractivity contribution in [1.29, 1.82) is 0 Å². The average molecular weight is 286 g/mol. The van der Waals surface area contributed by atoms with Crippen LogP contribution in [-0.4, -0.2) is 18.1 Å². The molecular weight excluding hydrogens is 264 g/mol. The largest absolute Gasteiger partial charge is 0.483 e. The minimum Gasteiger partial charge on any atom is -0.483 e. The van der Waals surface area contributed by atoms with Gasteiger partial charge in [-0.05, 0) is 49.1 Å². The zero-order valence-corrected chi connectivity index (χ0v) is 12.8. The third-order valence-electron chi connectivity index (χ3n) is 3.33. The lowest BCUT2D eigenvalue weighted by Gasteiger charge is -2.14. The second kappa shape index (κ2) is 7.09. The fourth-order valence-corrected chi connectivity index (χ4v) is 2.12. The van der Waals surface area contributed by atoms with E-state index in [1.54, 1.807) is 6.20 Å². The number of benzene rings is 1. The number of rotatable bonds is 6. The summed E-state index contributed by atoms with van der Waals surface area (Å²) in [7, 11) is 0. The molecule has 1 aromatic carbocycles. The van der Waals surface area contributed by atoms with Crippen molar-refractivity contribution in [3.05, 3.63) is 52.7 Å². The van der Waals surface area contributed by atoms with E-state index in [9.17, 15) is 0 Å². The molecule has 0 aliphatic heterocycles. The molecule has 2 aromatic rings. The van der Waals surface area contributed by atoms with Crippen LogP contribution < -0.4 is 15.2 Å². The topological polar surface area (TPSA) is 57.4 Å². The average Bonchev–Trinajstić information content (AvgIpc) is 2.46. The zero-order valence-electron chi connectivity index (χ0n) is 12.8. The molecule has 0 amide bonds. The molecule has 0 fully saturated rings. The van der Waals surface area contributed by atoms with Gasteiger partial charge in [-0.15, -0.1) is 0 Å². The second-order valence-corrected chi connectivity index (χ2v) is 5.11. The monoisotopic (exact) mass is 286 g/mol. The third-order valence-corrected chi connectivity index (χ3v) is 3.33. The summed E-state index contributed by atoms with van der Waals surface area (Å²) in [5.74, 6) is 1.16. The highest BCUT2D eigenvalue weighted by molar-refractivity contribution is 5.38. The van der Waals surface area contributed by atoms with Crippen LogP contribution in [0.2, 0.25) is 0 Å². The molecule has 0 aliphatic carbocycles. The van der Waals surface area contributed by atoms with Crippen LogP contribution >= 0.6 is 0 Å². The standard InChI is InChI=1S/C17H22N2O2/c1-12-9-16(17(19-10-12)20-8-7-18)21-11-15-13(2)5-4-6-14(15)3/h4-6,9-10H,7-8,11,18H2,1-3H3. The van der Waals surface area contributed by atoms with Crippen LogP contribution in [0.25, 0.3) is 0 Å². The third kappa shape index (κ3) is 3.95. The summed E-state index contributed by atoms with van der Waals surface area (Å²) in [6.07, 6.45) is 1.76. The highest BCUT2D eigenvalue weighted by Crippen LogP contribution is 2.27. The van der Waals surface area contributed by atoms with Gasteiger partial charge < -0.3 is 15.2 Å². The van der Waals surface area contributed by atoms with Crippen molar-refractivity contribution in [2.24, 2.45) is 5.73 Å². The Bertz CT molecular complexity index is 591. The lowest BCUT2D eigenvalue weighted by atomic mass is 10.0. The Morgan fingerprint density at radius 1 is 1.10 bits per heavy atom. The van der Waals surface area contributed by atoms with Gasteiger partial charge in [-0.1, -0.05) is 18.2 Å². The van der Waals surface area contributed by atoms with E-state index in [1.165, 1.54) is 16.7 Å². The van der Waals surface area contributed by atoms with Crippen LogP contribution in [0.4, 0.5) is 0 Å². The van der Waals surface area contributed by atoms with Gasteiger partial charge >= 0.3 is 0 Å². The summed E-state index contributed by atoms with van der Waals surface area (Å²) in [5, 5.41) is 0. The maximum atomic E-state index is 5.93. The Kier molecular flexibility index (Phi) is 5.17. The fourth-order valence-electron chi connectivity index (χ4n) is 2.12. The number of pyridine rings is 1. The zero-order chi connectivity index (χ0) is 15.2. The van der Waals surface area contributed by atoms with E-state index in [0.29, 0.717) is 31.4 Å². The fraction of sp³-hybridized carbons (Fsp3) is 0.353. The molecule has 0 saturated carbocycles. The van der Waals surface area contributed by atoms with Gasteiger partial charge in [0, 0.05) is 12.7 Å². The normalized spacial score (nSPS) is 10.5. The SMILES string of the molecule is Cc1cnc(OCCN)c(OCc2c(C)cccc2C)c1. The molecule has 0 spiro atoms. The number of hydrogen-bond acceptors (Lipinski definition) is 4. The maximum absolute atomic E-state index is 5.93. The van der Waals surface area contributed by atoms with Gasteiger partial charge in [0.15, 0.2) is 5.75 Å². The van der Waals surface area contributed by atoms with Crippen LogP contribution in [0.15, 0.2) is 30.5 Å². The van der Waals surface area contributed by atoms with Crippen LogP contribution in [0.1, 0.15) is 22.3 Å². The molecule has 4 nitrogen and oxygen atoms in total. The Morgan fingerprint density at radius 3 is 2.48 bits per heavy atom. The van der Waals surface area contributed by atoms with Crippen LogP contribution in [-0.2, 0) is 6.61 Å². The summed E-state index contributed by atoms with van der Waals surface area (Å²) in [6, 6.07) is 8.17. The first kappa shape index (κ1) is 15.3. The Balaban J connectivity index is 2.17.